The summed E-state index contributed by atoms with van der Waals surface area (Å²) >= 11 is 0. The molecule has 0 bridgehead atoms. The van der Waals surface area contributed by atoms with Crippen LogP contribution in [-0.4, -0.2) is 19.1 Å². The first-order valence-electron chi connectivity index (χ1n) is 8.56. The Hall–Kier alpha value is -2.29. The van der Waals surface area contributed by atoms with Crippen molar-refractivity contribution >= 4 is 11.6 Å². The van der Waals surface area contributed by atoms with Gasteiger partial charge >= 0.3 is 0 Å². The van der Waals surface area contributed by atoms with Crippen LogP contribution in [0.15, 0.2) is 42.5 Å². The normalized spacial score (nSPS) is 15.0. The van der Waals surface area contributed by atoms with Crippen molar-refractivity contribution < 1.29 is 9.53 Å². The molecule has 3 rings (SSSR count). The van der Waals surface area contributed by atoms with Gasteiger partial charge in [-0.3, -0.25) is 4.79 Å². The Balaban J connectivity index is 1.96. The highest BCUT2D eigenvalue weighted by Gasteiger charge is 2.35. The van der Waals surface area contributed by atoms with Gasteiger partial charge in [-0.15, -0.1) is 0 Å². The number of ether oxygens (including phenoxy) is 1. The minimum absolute atomic E-state index is 0.0719. The van der Waals surface area contributed by atoms with Crippen molar-refractivity contribution in [1.29, 1.82) is 0 Å². The van der Waals surface area contributed by atoms with Crippen molar-refractivity contribution in [3.63, 3.8) is 0 Å². The van der Waals surface area contributed by atoms with Gasteiger partial charge in [0, 0.05) is 17.3 Å². The van der Waals surface area contributed by atoms with Gasteiger partial charge in [-0.05, 0) is 87.1 Å². The highest BCUT2D eigenvalue weighted by molar-refractivity contribution is 6.06. The third-order valence-electron chi connectivity index (χ3n) is 5.03. The molecule has 1 atom stereocenters. The number of aryl methyl sites for hydroxylation is 2. The van der Waals surface area contributed by atoms with Crippen molar-refractivity contribution in [2.45, 2.75) is 39.7 Å². The van der Waals surface area contributed by atoms with Crippen LogP contribution in [0.5, 0.6) is 5.75 Å². The molecule has 0 radical (unpaired) electrons. The number of anilines is 1. The van der Waals surface area contributed by atoms with E-state index in [1.807, 2.05) is 54.3 Å². The van der Waals surface area contributed by atoms with Gasteiger partial charge < -0.3 is 9.64 Å². The van der Waals surface area contributed by atoms with Crippen LogP contribution in [0.2, 0.25) is 0 Å². The molecule has 3 nitrogen and oxygen atoms in total. The van der Waals surface area contributed by atoms with E-state index in [-0.39, 0.29) is 11.9 Å². The van der Waals surface area contributed by atoms with Crippen LogP contribution in [0.25, 0.3) is 0 Å². The summed E-state index contributed by atoms with van der Waals surface area (Å²) in [5.41, 5.74) is 4.03. The minimum Gasteiger partial charge on any atom is -0.497 e. The van der Waals surface area contributed by atoms with E-state index in [0.29, 0.717) is 5.92 Å². The zero-order valence-corrected chi connectivity index (χ0v) is 14.9. The van der Waals surface area contributed by atoms with Gasteiger partial charge in [0.15, 0.2) is 0 Å². The number of amides is 1. The molecule has 0 unspecified atom stereocenters. The molecule has 1 saturated carbocycles. The van der Waals surface area contributed by atoms with E-state index in [9.17, 15) is 4.79 Å². The van der Waals surface area contributed by atoms with Gasteiger partial charge in [0.1, 0.15) is 5.75 Å². The maximum atomic E-state index is 13.2. The lowest BCUT2D eigenvalue weighted by Crippen LogP contribution is -2.40. The summed E-state index contributed by atoms with van der Waals surface area (Å²) < 4.78 is 5.24. The van der Waals surface area contributed by atoms with Crippen molar-refractivity contribution in [1.82, 2.24) is 0 Å². The minimum atomic E-state index is 0.0719. The molecule has 0 aliphatic heterocycles. The summed E-state index contributed by atoms with van der Waals surface area (Å²) in [6.45, 7) is 6.27. The molecular formula is C21H25NO2. The Kier molecular flexibility index (Phi) is 4.61. The van der Waals surface area contributed by atoms with Crippen LogP contribution in [-0.2, 0) is 0 Å². The molecule has 1 aliphatic rings. The summed E-state index contributed by atoms with van der Waals surface area (Å²) in [6, 6.07) is 13.9. The van der Waals surface area contributed by atoms with Crippen LogP contribution in [0.3, 0.4) is 0 Å². The van der Waals surface area contributed by atoms with Gasteiger partial charge in [0.2, 0.25) is 0 Å². The zero-order valence-electron chi connectivity index (χ0n) is 14.9. The number of carbonyl (C=O) groups is 1. The molecule has 1 amide bonds. The second kappa shape index (κ2) is 6.68. The molecule has 126 valence electrons. The topological polar surface area (TPSA) is 29.5 Å². The van der Waals surface area contributed by atoms with Crippen LogP contribution < -0.4 is 9.64 Å². The molecule has 0 N–H and O–H groups in total. The Morgan fingerprint density at radius 2 is 1.75 bits per heavy atom. The second-order valence-corrected chi connectivity index (χ2v) is 6.75. The molecule has 24 heavy (non-hydrogen) atoms. The summed E-state index contributed by atoms with van der Waals surface area (Å²) in [7, 11) is 1.65. The van der Waals surface area contributed by atoms with E-state index in [1.54, 1.807) is 7.11 Å². The van der Waals surface area contributed by atoms with E-state index >= 15 is 0 Å². The molecule has 0 aromatic heterocycles. The number of benzene rings is 2. The maximum Gasteiger partial charge on any atom is 0.258 e. The van der Waals surface area contributed by atoms with Gasteiger partial charge in [-0.25, -0.2) is 0 Å². The first-order chi connectivity index (χ1) is 11.5. The predicted octanol–water partition coefficient (Wildman–Crippen LogP) is 4.76. The maximum absolute atomic E-state index is 13.2. The Labute approximate surface area is 144 Å². The number of carbonyl (C=O) groups excluding carboxylic acids is 1. The monoisotopic (exact) mass is 323 g/mol. The smallest absolute Gasteiger partial charge is 0.258 e. The summed E-state index contributed by atoms with van der Waals surface area (Å²) in [6.07, 6.45) is 2.40. The van der Waals surface area contributed by atoms with Gasteiger partial charge in [-0.1, -0.05) is 6.07 Å². The first kappa shape index (κ1) is 16.6. The number of methoxy groups -OCH3 is 1. The number of hydrogen-bond donors (Lipinski definition) is 0. The Morgan fingerprint density at radius 3 is 2.29 bits per heavy atom. The molecule has 3 heteroatoms. The van der Waals surface area contributed by atoms with Crippen LogP contribution in [0.1, 0.15) is 41.3 Å². The largest absolute Gasteiger partial charge is 0.497 e. The lowest BCUT2D eigenvalue weighted by atomic mass is 10.0. The van der Waals surface area contributed by atoms with Crippen LogP contribution >= 0.6 is 0 Å². The molecule has 2 aromatic rings. The summed E-state index contributed by atoms with van der Waals surface area (Å²) in [4.78, 5) is 15.2. The fraction of sp³-hybridized carbons (Fsp3) is 0.381. The van der Waals surface area contributed by atoms with E-state index in [1.165, 1.54) is 18.4 Å². The molecule has 1 aliphatic carbocycles. The average molecular weight is 323 g/mol. The van der Waals surface area contributed by atoms with Gasteiger partial charge in [-0.2, -0.15) is 0 Å². The van der Waals surface area contributed by atoms with E-state index in [2.05, 4.69) is 13.8 Å². The average Bonchev–Trinajstić information content (AvgIpc) is 3.43. The van der Waals surface area contributed by atoms with Crippen LogP contribution in [0, 0.1) is 19.8 Å². The van der Waals surface area contributed by atoms with Gasteiger partial charge in [0.05, 0.1) is 7.11 Å². The predicted molar refractivity (Wildman–Crippen MR) is 97.9 cm³/mol. The third kappa shape index (κ3) is 3.30. The molecule has 0 saturated heterocycles. The second-order valence-electron chi connectivity index (χ2n) is 6.75. The van der Waals surface area contributed by atoms with Crippen molar-refractivity contribution in [2.75, 3.05) is 12.0 Å². The van der Waals surface area contributed by atoms with E-state index in [4.69, 9.17) is 4.74 Å². The quantitative estimate of drug-likeness (QED) is 0.794. The molecule has 2 aromatic carbocycles. The van der Waals surface area contributed by atoms with Crippen molar-refractivity contribution in [2.24, 2.45) is 5.92 Å². The van der Waals surface area contributed by atoms with E-state index in [0.717, 1.165) is 22.6 Å². The molecular weight excluding hydrogens is 298 g/mol. The standard InChI is InChI=1S/C21H25NO2/c1-14-5-6-18(13-15(14)2)21(23)22(16(3)17-7-8-17)19-9-11-20(24-4)12-10-19/h5-6,9-13,16-17H,7-8H2,1-4H3/t16-/m1/s1. The number of hydrogen-bond acceptors (Lipinski definition) is 2. The first-order valence-corrected chi connectivity index (χ1v) is 8.56. The van der Waals surface area contributed by atoms with Gasteiger partial charge in [0.25, 0.3) is 5.91 Å². The fourth-order valence-corrected chi connectivity index (χ4v) is 3.08. The van der Waals surface area contributed by atoms with E-state index < -0.39 is 0 Å². The SMILES string of the molecule is COc1ccc(N(C(=O)c2ccc(C)c(C)c2)[C@H](C)C2CC2)cc1. The fourth-order valence-electron chi connectivity index (χ4n) is 3.08. The van der Waals surface area contributed by atoms with Crippen molar-refractivity contribution in [3.8, 4) is 5.75 Å². The molecule has 0 heterocycles. The lowest BCUT2D eigenvalue weighted by Gasteiger charge is -2.30. The number of rotatable bonds is 5. The zero-order chi connectivity index (χ0) is 17.3. The lowest BCUT2D eigenvalue weighted by molar-refractivity contribution is 0.0975. The highest BCUT2D eigenvalue weighted by atomic mass is 16.5. The molecule has 1 fully saturated rings. The summed E-state index contributed by atoms with van der Waals surface area (Å²) in [5.74, 6) is 1.47. The molecule has 0 spiro atoms. The summed E-state index contributed by atoms with van der Waals surface area (Å²) in [5, 5.41) is 0. The van der Waals surface area contributed by atoms with Crippen molar-refractivity contribution in [3.05, 3.63) is 59.2 Å². The number of nitrogens with zero attached hydrogens (tertiary/aromatic N) is 1. The Bertz CT molecular complexity index is 732. The Morgan fingerprint density at radius 1 is 1.08 bits per heavy atom. The third-order valence-corrected chi connectivity index (χ3v) is 5.03. The van der Waals surface area contributed by atoms with Crippen LogP contribution in [0.4, 0.5) is 5.69 Å². The highest BCUT2D eigenvalue weighted by Crippen LogP contribution is 2.38.